The van der Waals surface area contributed by atoms with Gasteiger partial charge in [-0.3, -0.25) is 0 Å². The van der Waals surface area contributed by atoms with E-state index in [9.17, 15) is 0 Å². The van der Waals surface area contributed by atoms with E-state index in [-0.39, 0.29) is 6.61 Å². The molecule has 0 atom stereocenters. The first-order chi connectivity index (χ1) is 6.29. The summed E-state index contributed by atoms with van der Waals surface area (Å²) in [6, 6.07) is 0. The molecule has 2 heterocycles. The summed E-state index contributed by atoms with van der Waals surface area (Å²) in [7, 11) is 0. The molecule has 1 aromatic heterocycles. The van der Waals surface area contributed by atoms with Crippen LogP contribution >= 0.6 is 15.9 Å². The molecule has 0 unspecified atom stereocenters. The molecular formula is C8H10BrN3O. The molecule has 0 aromatic carbocycles. The summed E-state index contributed by atoms with van der Waals surface area (Å²) in [5.41, 5.74) is 0. The van der Waals surface area contributed by atoms with Crippen molar-refractivity contribution in [2.75, 3.05) is 24.6 Å². The van der Waals surface area contributed by atoms with Crippen molar-refractivity contribution in [2.45, 2.75) is 0 Å². The van der Waals surface area contributed by atoms with Gasteiger partial charge in [0.2, 0.25) is 5.95 Å². The Kier molecular flexibility index (Phi) is 2.46. The number of rotatable bonds is 2. The Morgan fingerprint density at radius 2 is 2.08 bits per heavy atom. The normalized spacial score (nSPS) is 17.2. The summed E-state index contributed by atoms with van der Waals surface area (Å²) in [6.07, 6.45) is 3.46. The van der Waals surface area contributed by atoms with Gasteiger partial charge in [0.1, 0.15) is 0 Å². The number of aromatic nitrogens is 2. The molecule has 1 aliphatic rings. The first-order valence-electron chi connectivity index (χ1n) is 4.13. The molecule has 70 valence electrons. The molecule has 1 fully saturated rings. The molecule has 0 bridgehead atoms. The Hall–Kier alpha value is -0.680. The fourth-order valence-electron chi connectivity index (χ4n) is 1.32. The van der Waals surface area contributed by atoms with Crippen LogP contribution in [0, 0.1) is 5.92 Å². The van der Waals surface area contributed by atoms with E-state index in [4.69, 9.17) is 5.11 Å². The summed E-state index contributed by atoms with van der Waals surface area (Å²) in [5.74, 6) is 1.14. The maximum atomic E-state index is 8.82. The van der Waals surface area contributed by atoms with E-state index in [2.05, 4.69) is 25.9 Å². The van der Waals surface area contributed by atoms with Crippen molar-refractivity contribution in [3.05, 3.63) is 16.9 Å². The number of hydrogen-bond donors (Lipinski definition) is 1. The number of aliphatic hydroxyl groups is 1. The van der Waals surface area contributed by atoms with Gasteiger partial charge in [-0.1, -0.05) is 0 Å². The number of anilines is 1. The molecule has 0 amide bonds. The molecular weight excluding hydrogens is 234 g/mol. The molecule has 0 radical (unpaired) electrons. The molecule has 4 nitrogen and oxygen atoms in total. The van der Waals surface area contributed by atoms with Crippen LogP contribution in [0.5, 0.6) is 0 Å². The lowest BCUT2D eigenvalue weighted by Gasteiger charge is -2.38. The molecule has 13 heavy (non-hydrogen) atoms. The molecule has 0 saturated carbocycles. The lowest BCUT2D eigenvalue weighted by atomic mass is 10.0. The zero-order valence-electron chi connectivity index (χ0n) is 7.02. The van der Waals surface area contributed by atoms with Crippen molar-refractivity contribution in [1.82, 2.24) is 9.97 Å². The van der Waals surface area contributed by atoms with Crippen molar-refractivity contribution < 1.29 is 5.11 Å². The van der Waals surface area contributed by atoms with Gasteiger partial charge in [-0.05, 0) is 15.9 Å². The van der Waals surface area contributed by atoms with Gasteiger partial charge in [-0.15, -0.1) is 0 Å². The van der Waals surface area contributed by atoms with Gasteiger partial charge in [0.05, 0.1) is 4.47 Å². The number of aliphatic hydroxyl groups excluding tert-OH is 1. The molecule has 0 aliphatic carbocycles. The fourth-order valence-corrected chi connectivity index (χ4v) is 1.52. The minimum atomic E-state index is 0.257. The summed E-state index contributed by atoms with van der Waals surface area (Å²) in [5, 5.41) is 8.82. The van der Waals surface area contributed by atoms with Crippen LogP contribution in [0.25, 0.3) is 0 Å². The average Bonchev–Trinajstić information content (AvgIpc) is 2.06. The Balaban J connectivity index is 1.99. The van der Waals surface area contributed by atoms with E-state index in [1.54, 1.807) is 12.4 Å². The SMILES string of the molecule is OCC1CN(c2ncc(Br)cn2)C1. The summed E-state index contributed by atoms with van der Waals surface area (Å²) in [6.45, 7) is 1.98. The highest BCUT2D eigenvalue weighted by Gasteiger charge is 2.27. The standard InChI is InChI=1S/C8H10BrN3O/c9-7-1-10-8(11-2-7)12-3-6(4-12)5-13/h1-2,6,13H,3-5H2. The first kappa shape index (κ1) is 8.90. The van der Waals surface area contributed by atoms with Crippen molar-refractivity contribution in [1.29, 1.82) is 0 Å². The van der Waals surface area contributed by atoms with E-state index in [0.717, 1.165) is 23.5 Å². The van der Waals surface area contributed by atoms with Crippen LogP contribution in [0.4, 0.5) is 5.95 Å². The molecule has 1 aromatic rings. The van der Waals surface area contributed by atoms with Gasteiger partial charge in [0.15, 0.2) is 0 Å². The summed E-state index contributed by atoms with van der Waals surface area (Å²) < 4.78 is 0.885. The molecule has 1 saturated heterocycles. The average molecular weight is 244 g/mol. The minimum Gasteiger partial charge on any atom is -0.396 e. The molecule has 5 heteroatoms. The predicted molar refractivity (Wildman–Crippen MR) is 52.5 cm³/mol. The van der Waals surface area contributed by atoms with Crippen LogP contribution in [-0.4, -0.2) is 34.8 Å². The Labute approximate surface area is 84.7 Å². The zero-order chi connectivity index (χ0) is 9.26. The monoisotopic (exact) mass is 243 g/mol. The van der Waals surface area contributed by atoms with E-state index in [1.807, 2.05) is 4.90 Å². The van der Waals surface area contributed by atoms with E-state index < -0.39 is 0 Å². The van der Waals surface area contributed by atoms with Crippen molar-refractivity contribution >= 4 is 21.9 Å². The lowest BCUT2D eigenvalue weighted by Crippen LogP contribution is -2.49. The third-order valence-corrected chi connectivity index (χ3v) is 2.51. The smallest absolute Gasteiger partial charge is 0.225 e. The molecule has 1 aliphatic heterocycles. The third-order valence-electron chi connectivity index (χ3n) is 2.10. The number of hydrogen-bond acceptors (Lipinski definition) is 4. The largest absolute Gasteiger partial charge is 0.396 e. The molecule has 1 N–H and O–H groups in total. The van der Waals surface area contributed by atoms with Crippen molar-refractivity contribution in [3.8, 4) is 0 Å². The Morgan fingerprint density at radius 1 is 1.46 bits per heavy atom. The molecule has 0 spiro atoms. The van der Waals surface area contributed by atoms with Gasteiger partial charge in [0, 0.05) is 38.0 Å². The second-order valence-electron chi connectivity index (χ2n) is 3.15. The van der Waals surface area contributed by atoms with Gasteiger partial charge >= 0.3 is 0 Å². The maximum Gasteiger partial charge on any atom is 0.225 e. The number of nitrogens with zero attached hydrogens (tertiary/aromatic N) is 3. The van der Waals surface area contributed by atoms with Gasteiger partial charge in [-0.2, -0.15) is 0 Å². The Bertz CT molecular complexity index is 284. The highest BCUT2D eigenvalue weighted by molar-refractivity contribution is 9.10. The lowest BCUT2D eigenvalue weighted by molar-refractivity contribution is 0.199. The minimum absolute atomic E-state index is 0.257. The zero-order valence-corrected chi connectivity index (χ0v) is 8.61. The third kappa shape index (κ3) is 1.81. The second kappa shape index (κ2) is 3.59. The summed E-state index contributed by atoms with van der Waals surface area (Å²) in [4.78, 5) is 10.4. The van der Waals surface area contributed by atoms with Crippen LogP contribution in [-0.2, 0) is 0 Å². The van der Waals surface area contributed by atoms with Crippen LogP contribution in [0.15, 0.2) is 16.9 Å². The topological polar surface area (TPSA) is 49.2 Å². The van der Waals surface area contributed by atoms with Crippen molar-refractivity contribution in [2.24, 2.45) is 5.92 Å². The summed E-state index contributed by atoms with van der Waals surface area (Å²) >= 11 is 3.28. The Morgan fingerprint density at radius 3 is 2.62 bits per heavy atom. The maximum absolute atomic E-state index is 8.82. The van der Waals surface area contributed by atoms with Gasteiger partial charge in [-0.25, -0.2) is 9.97 Å². The van der Waals surface area contributed by atoms with Crippen LogP contribution in [0.2, 0.25) is 0 Å². The molecule has 2 rings (SSSR count). The predicted octanol–water partition coefficient (Wildman–Crippen LogP) is 0.668. The first-order valence-corrected chi connectivity index (χ1v) is 4.92. The van der Waals surface area contributed by atoms with Gasteiger partial charge in [0.25, 0.3) is 0 Å². The number of halogens is 1. The fraction of sp³-hybridized carbons (Fsp3) is 0.500. The van der Waals surface area contributed by atoms with E-state index >= 15 is 0 Å². The van der Waals surface area contributed by atoms with Gasteiger partial charge < -0.3 is 10.0 Å². The van der Waals surface area contributed by atoms with E-state index in [1.165, 1.54) is 0 Å². The second-order valence-corrected chi connectivity index (χ2v) is 4.07. The highest BCUT2D eigenvalue weighted by atomic mass is 79.9. The van der Waals surface area contributed by atoms with Crippen molar-refractivity contribution in [3.63, 3.8) is 0 Å². The van der Waals surface area contributed by atoms with Crippen LogP contribution in [0.3, 0.4) is 0 Å². The highest BCUT2D eigenvalue weighted by Crippen LogP contribution is 2.20. The quantitative estimate of drug-likeness (QED) is 0.830. The van der Waals surface area contributed by atoms with Crippen LogP contribution < -0.4 is 4.90 Å². The van der Waals surface area contributed by atoms with E-state index in [0.29, 0.717) is 5.92 Å². The van der Waals surface area contributed by atoms with Crippen LogP contribution in [0.1, 0.15) is 0 Å².